The van der Waals surface area contributed by atoms with Crippen molar-refractivity contribution >= 4 is 0 Å². The van der Waals surface area contributed by atoms with Gasteiger partial charge in [-0.05, 0) is 55.4 Å². The Morgan fingerprint density at radius 1 is 1.04 bits per heavy atom. The average Bonchev–Trinajstić information content (AvgIpc) is 2.82. The molecule has 3 nitrogen and oxygen atoms in total. The third-order valence-corrected chi connectivity index (χ3v) is 5.07. The number of fused-ring (bicyclic) bond motifs is 1. The second-order valence-corrected chi connectivity index (χ2v) is 6.85. The van der Waals surface area contributed by atoms with Gasteiger partial charge in [0.05, 0.1) is 5.69 Å². The molecule has 27 heavy (non-hydrogen) atoms. The molecule has 0 bridgehead atoms. The van der Waals surface area contributed by atoms with Crippen LogP contribution in [0.2, 0.25) is 0 Å². The lowest BCUT2D eigenvalue weighted by molar-refractivity contribution is 0.323. The summed E-state index contributed by atoms with van der Waals surface area (Å²) < 4.78 is 43.2. The lowest BCUT2D eigenvalue weighted by atomic mass is 9.85. The SMILES string of the molecule is CN1CCC(c2ccc(F)cc2F)c2ccc(-c3cccnn3)c(F)c2C1. The Balaban J connectivity index is 1.87. The molecule has 1 aromatic heterocycles. The van der Waals surface area contributed by atoms with Crippen molar-refractivity contribution in [2.75, 3.05) is 13.6 Å². The van der Waals surface area contributed by atoms with E-state index in [4.69, 9.17) is 0 Å². The minimum Gasteiger partial charge on any atom is -0.302 e. The van der Waals surface area contributed by atoms with Gasteiger partial charge < -0.3 is 4.90 Å². The maximum atomic E-state index is 15.4. The number of aromatic nitrogens is 2. The van der Waals surface area contributed by atoms with E-state index in [-0.39, 0.29) is 11.7 Å². The molecule has 0 amide bonds. The van der Waals surface area contributed by atoms with Crippen LogP contribution in [0.25, 0.3) is 11.3 Å². The summed E-state index contributed by atoms with van der Waals surface area (Å²) in [5.74, 6) is -1.93. The third kappa shape index (κ3) is 3.32. The summed E-state index contributed by atoms with van der Waals surface area (Å²) in [7, 11) is 1.90. The van der Waals surface area contributed by atoms with Crippen LogP contribution in [0.1, 0.15) is 29.0 Å². The average molecular weight is 369 g/mol. The van der Waals surface area contributed by atoms with Crippen molar-refractivity contribution in [1.29, 1.82) is 0 Å². The standard InChI is InChI=1S/C21H18F3N3/c1-27-10-8-15(16-5-4-13(22)11-19(16)23)14-6-7-17(21(24)18(14)12-27)20-3-2-9-25-26-20/h2-7,9,11,15H,8,10,12H2,1H3. The topological polar surface area (TPSA) is 29.0 Å². The normalized spacial score (nSPS) is 17.4. The maximum Gasteiger partial charge on any atom is 0.137 e. The molecule has 0 aliphatic carbocycles. The number of nitrogens with zero attached hydrogens (tertiary/aromatic N) is 3. The summed E-state index contributed by atoms with van der Waals surface area (Å²) in [5.41, 5.74) is 2.46. The Kier molecular flexibility index (Phi) is 4.66. The van der Waals surface area contributed by atoms with E-state index in [0.717, 1.165) is 11.6 Å². The highest BCUT2D eigenvalue weighted by Gasteiger charge is 2.28. The molecule has 4 rings (SSSR count). The molecule has 6 heteroatoms. The highest BCUT2D eigenvalue weighted by molar-refractivity contribution is 5.62. The Hall–Kier alpha value is -2.73. The molecule has 1 unspecified atom stereocenters. The fourth-order valence-electron chi connectivity index (χ4n) is 3.73. The fourth-order valence-corrected chi connectivity index (χ4v) is 3.73. The van der Waals surface area contributed by atoms with Crippen molar-refractivity contribution in [1.82, 2.24) is 15.1 Å². The van der Waals surface area contributed by atoms with Crippen molar-refractivity contribution in [2.24, 2.45) is 0 Å². The van der Waals surface area contributed by atoms with Crippen LogP contribution in [0, 0.1) is 17.5 Å². The summed E-state index contributed by atoms with van der Waals surface area (Å²) in [6.45, 7) is 1.09. The summed E-state index contributed by atoms with van der Waals surface area (Å²) >= 11 is 0. The Morgan fingerprint density at radius 2 is 1.85 bits per heavy atom. The first kappa shape index (κ1) is 17.7. The predicted octanol–water partition coefficient (Wildman–Crippen LogP) is 4.53. The van der Waals surface area contributed by atoms with Crippen LogP contribution >= 0.6 is 0 Å². The van der Waals surface area contributed by atoms with Gasteiger partial charge in [-0.2, -0.15) is 10.2 Å². The van der Waals surface area contributed by atoms with Crippen molar-refractivity contribution in [3.05, 3.63) is 82.8 Å². The highest BCUT2D eigenvalue weighted by Crippen LogP contribution is 2.38. The lowest BCUT2D eigenvalue weighted by Gasteiger charge is -2.20. The predicted molar refractivity (Wildman–Crippen MR) is 96.6 cm³/mol. The first-order chi connectivity index (χ1) is 13.0. The van der Waals surface area contributed by atoms with Crippen LogP contribution < -0.4 is 0 Å². The van der Waals surface area contributed by atoms with Gasteiger partial charge in [-0.25, -0.2) is 13.2 Å². The van der Waals surface area contributed by atoms with Crippen LogP contribution in [0.3, 0.4) is 0 Å². The van der Waals surface area contributed by atoms with Gasteiger partial charge in [0.15, 0.2) is 0 Å². The van der Waals surface area contributed by atoms with Crippen molar-refractivity contribution in [3.63, 3.8) is 0 Å². The summed E-state index contributed by atoms with van der Waals surface area (Å²) in [5, 5.41) is 7.81. The Labute approximate surface area is 155 Å². The number of rotatable bonds is 2. The molecule has 2 aromatic carbocycles. The van der Waals surface area contributed by atoms with E-state index in [1.165, 1.54) is 18.3 Å². The van der Waals surface area contributed by atoms with E-state index in [1.807, 2.05) is 18.0 Å². The molecule has 3 aromatic rings. The van der Waals surface area contributed by atoms with Crippen LogP contribution in [0.4, 0.5) is 13.2 Å². The summed E-state index contributed by atoms with van der Waals surface area (Å²) in [4.78, 5) is 2.00. The minimum absolute atomic E-state index is 0.337. The summed E-state index contributed by atoms with van der Waals surface area (Å²) in [6.07, 6.45) is 2.15. The quantitative estimate of drug-likeness (QED) is 0.665. The van der Waals surface area contributed by atoms with Gasteiger partial charge in [-0.15, -0.1) is 0 Å². The lowest BCUT2D eigenvalue weighted by Crippen LogP contribution is -2.18. The van der Waals surface area contributed by atoms with Crippen molar-refractivity contribution in [2.45, 2.75) is 18.9 Å². The second-order valence-electron chi connectivity index (χ2n) is 6.85. The number of hydrogen-bond acceptors (Lipinski definition) is 3. The van der Waals surface area contributed by atoms with Gasteiger partial charge in [-0.3, -0.25) is 0 Å². The molecule has 1 aliphatic heterocycles. The Morgan fingerprint density at radius 3 is 2.59 bits per heavy atom. The van der Waals surface area contributed by atoms with Crippen molar-refractivity contribution in [3.8, 4) is 11.3 Å². The van der Waals surface area contributed by atoms with E-state index in [1.54, 1.807) is 18.2 Å². The largest absolute Gasteiger partial charge is 0.302 e. The number of benzene rings is 2. The monoisotopic (exact) mass is 369 g/mol. The molecule has 1 atom stereocenters. The maximum absolute atomic E-state index is 15.4. The Bertz CT molecular complexity index is 976. The zero-order chi connectivity index (χ0) is 19.0. The molecule has 2 heterocycles. The van der Waals surface area contributed by atoms with E-state index in [9.17, 15) is 8.78 Å². The summed E-state index contributed by atoms with van der Waals surface area (Å²) in [6, 6.07) is 10.5. The van der Waals surface area contributed by atoms with Gasteiger partial charge in [-0.1, -0.05) is 12.1 Å². The molecule has 0 N–H and O–H groups in total. The number of halogens is 3. The van der Waals surface area contributed by atoms with Gasteiger partial charge in [0.25, 0.3) is 0 Å². The van der Waals surface area contributed by atoms with Crippen LogP contribution in [-0.4, -0.2) is 28.7 Å². The van der Waals surface area contributed by atoms with Gasteiger partial charge in [0.1, 0.15) is 17.5 Å². The fraction of sp³-hybridized carbons (Fsp3) is 0.238. The first-order valence-electron chi connectivity index (χ1n) is 8.77. The molecular weight excluding hydrogens is 351 g/mol. The number of hydrogen-bond donors (Lipinski definition) is 0. The molecule has 0 saturated heterocycles. The molecule has 0 spiro atoms. The second kappa shape index (κ2) is 7.12. The van der Waals surface area contributed by atoms with E-state index >= 15 is 4.39 Å². The van der Waals surface area contributed by atoms with Crippen LogP contribution in [-0.2, 0) is 6.54 Å². The van der Waals surface area contributed by atoms with Gasteiger partial charge in [0.2, 0.25) is 0 Å². The molecule has 0 fully saturated rings. The third-order valence-electron chi connectivity index (χ3n) is 5.07. The molecule has 1 aliphatic rings. The molecule has 0 saturated carbocycles. The highest BCUT2D eigenvalue weighted by atomic mass is 19.1. The van der Waals surface area contributed by atoms with Crippen LogP contribution in [0.15, 0.2) is 48.7 Å². The van der Waals surface area contributed by atoms with Crippen LogP contribution in [0.5, 0.6) is 0 Å². The van der Waals surface area contributed by atoms with Crippen molar-refractivity contribution < 1.29 is 13.2 Å². The minimum atomic E-state index is -0.619. The zero-order valence-corrected chi connectivity index (χ0v) is 14.8. The van der Waals surface area contributed by atoms with E-state index in [0.29, 0.717) is 41.9 Å². The molecule has 0 radical (unpaired) electrons. The zero-order valence-electron chi connectivity index (χ0n) is 14.8. The van der Waals surface area contributed by atoms with Gasteiger partial charge >= 0.3 is 0 Å². The van der Waals surface area contributed by atoms with E-state index in [2.05, 4.69) is 10.2 Å². The van der Waals surface area contributed by atoms with E-state index < -0.39 is 11.6 Å². The molecule has 138 valence electrons. The molecular formula is C21H18F3N3. The van der Waals surface area contributed by atoms with Gasteiger partial charge in [0, 0.05) is 35.9 Å². The first-order valence-corrected chi connectivity index (χ1v) is 8.77. The smallest absolute Gasteiger partial charge is 0.137 e.